The predicted octanol–water partition coefficient (Wildman–Crippen LogP) is 3.94. The van der Waals surface area contributed by atoms with Crippen molar-refractivity contribution in [1.29, 1.82) is 0 Å². The van der Waals surface area contributed by atoms with Gasteiger partial charge in [-0.25, -0.2) is 14.7 Å². The molecule has 4 amide bonds. The molecule has 0 radical (unpaired) electrons. The van der Waals surface area contributed by atoms with Crippen LogP contribution in [-0.2, 0) is 16.1 Å². The van der Waals surface area contributed by atoms with Gasteiger partial charge in [-0.2, -0.15) is 13.2 Å². The number of rotatable bonds is 6. The number of halogens is 3. The van der Waals surface area contributed by atoms with E-state index < -0.39 is 17.4 Å². The van der Waals surface area contributed by atoms with Gasteiger partial charge in [0, 0.05) is 23.6 Å². The first-order valence-corrected chi connectivity index (χ1v) is 11.8. The van der Waals surface area contributed by atoms with Gasteiger partial charge < -0.3 is 15.1 Å². The van der Waals surface area contributed by atoms with E-state index in [9.17, 15) is 27.6 Å². The van der Waals surface area contributed by atoms with Gasteiger partial charge in [-0.3, -0.25) is 9.59 Å². The smallest absolute Gasteiger partial charge is 0.310 e. The molecule has 2 aliphatic heterocycles. The number of hydrogen-bond acceptors (Lipinski definition) is 6. The molecule has 12 heteroatoms. The van der Waals surface area contributed by atoms with Gasteiger partial charge in [0.25, 0.3) is 5.91 Å². The van der Waals surface area contributed by atoms with Gasteiger partial charge in [0.05, 0.1) is 5.69 Å². The second-order valence-electron chi connectivity index (χ2n) is 8.53. The number of likely N-dealkylation sites (tertiary alicyclic amines) is 1. The number of aromatic nitrogens is 1. The topological polar surface area (TPSA) is 85.9 Å². The average Bonchev–Trinajstić information content (AvgIpc) is 3.06. The summed E-state index contributed by atoms with van der Waals surface area (Å²) >= 11 is -0.266. The van der Waals surface area contributed by atoms with E-state index in [4.69, 9.17) is 0 Å². The fraction of sp³-hybridized carbons (Fsp3) is 0.391. The number of nitrogens with one attached hydrogen (secondary N) is 1. The first-order chi connectivity index (χ1) is 16.6. The van der Waals surface area contributed by atoms with Crippen LogP contribution in [0.4, 0.5) is 29.5 Å². The van der Waals surface area contributed by atoms with Crippen LogP contribution in [-0.4, -0.2) is 64.8 Å². The van der Waals surface area contributed by atoms with E-state index in [1.165, 1.54) is 35.4 Å². The molecule has 1 aromatic heterocycles. The van der Waals surface area contributed by atoms with Crippen LogP contribution < -0.4 is 10.2 Å². The Hall–Kier alpha value is -3.12. The Balaban J connectivity index is 1.39. The van der Waals surface area contributed by atoms with Crippen LogP contribution in [0.1, 0.15) is 18.4 Å². The summed E-state index contributed by atoms with van der Waals surface area (Å²) in [4.78, 5) is 46.6. The van der Waals surface area contributed by atoms with Crippen LogP contribution in [0, 0.1) is 5.92 Å². The number of imide groups is 1. The Morgan fingerprint density at radius 1 is 1.14 bits per heavy atom. The molecule has 3 heterocycles. The second-order valence-corrected chi connectivity index (χ2v) is 9.66. The van der Waals surface area contributed by atoms with E-state index in [-0.39, 0.29) is 47.3 Å². The highest BCUT2D eigenvalue weighted by molar-refractivity contribution is 8.00. The normalized spacial score (nSPS) is 17.8. The molecule has 1 N–H and O–H groups in total. The Bertz CT molecular complexity index is 1100. The number of urea groups is 1. The molecule has 186 valence electrons. The summed E-state index contributed by atoms with van der Waals surface area (Å²) in [6.07, 6.45) is 3.08. The van der Waals surface area contributed by atoms with Gasteiger partial charge in [0.1, 0.15) is 12.4 Å². The lowest BCUT2D eigenvalue weighted by molar-refractivity contribution is -0.121. The quantitative estimate of drug-likeness (QED) is 0.471. The van der Waals surface area contributed by atoms with Crippen molar-refractivity contribution in [3.05, 3.63) is 48.2 Å². The van der Waals surface area contributed by atoms with Crippen LogP contribution in [0.15, 0.2) is 47.5 Å². The highest BCUT2D eigenvalue weighted by atomic mass is 32.2. The molecule has 0 aliphatic carbocycles. The summed E-state index contributed by atoms with van der Waals surface area (Å²) in [5.74, 6) is -0.271. The third-order valence-electron chi connectivity index (χ3n) is 5.90. The summed E-state index contributed by atoms with van der Waals surface area (Å²) < 4.78 is 37.6. The minimum atomic E-state index is -4.42. The molecular formula is C23H24F3N5O3S. The Labute approximate surface area is 204 Å². The van der Waals surface area contributed by atoms with E-state index in [1.807, 2.05) is 7.05 Å². The summed E-state index contributed by atoms with van der Waals surface area (Å²) in [6.45, 7) is 1.66. The van der Waals surface area contributed by atoms with Gasteiger partial charge in [-0.05, 0) is 86.7 Å². The zero-order chi connectivity index (χ0) is 25.2. The standard InChI is InChI=1S/C23H24F3N5O3S/c1-29-10-7-16(8-11-29)21(33)28-19-12-15(6-9-27-19)13-30-14-20(32)31(22(30)34)17-2-4-18(5-3-17)35-23(24,25)26/h2-6,9,12,16H,7-8,10-11,13-14H2,1H3,(H,27,28,33). The van der Waals surface area contributed by atoms with Gasteiger partial charge in [0.2, 0.25) is 5.91 Å². The molecule has 8 nitrogen and oxygen atoms in total. The fourth-order valence-corrected chi connectivity index (χ4v) is 4.62. The minimum absolute atomic E-state index is 0.0381. The van der Waals surface area contributed by atoms with Crippen molar-refractivity contribution < 1.29 is 27.6 Å². The number of thioether (sulfide) groups is 1. The number of benzene rings is 1. The maximum Gasteiger partial charge on any atom is 0.446 e. The molecule has 35 heavy (non-hydrogen) atoms. The molecule has 1 aromatic carbocycles. The first kappa shape index (κ1) is 25.0. The van der Waals surface area contributed by atoms with Crippen LogP contribution in [0.5, 0.6) is 0 Å². The van der Waals surface area contributed by atoms with Gasteiger partial charge >= 0.3 is 11.5 Å². The van der Waals surface area contributed by atoms with Crippen molar-refractivity contribution in [1.82, 2.24) is 14.8 Å². The van der Waals surface area contributed by atoms with Crippen molar-refractivity contribution in [3.8, 4) is 0 Å². The SMILES string of the molecule is CN1CCC(C(=O)Nc2cc(CN3CC(=O)N(c4ccc(SC(F)(F)F)cc4)C3=O)ccn2)CC1. The lowest BCUT2D eigenvalue weighted by Crippen LogP contribution is -2.36. The monoisotopic (exact) mass is 507 g/mol. The number of carbonyl (C=O) groups excluding carboxylic acids is 3. The lowest BCUT2D eigenvalue weighted by atomic mass is 9.96. The number of piperidine rings is 1. The van der Waals surface area contributed by atoms with E-state index in [0.717, 1.165) is 30.8 Å². The molecule has 0 bridgehead atoms. The third-order valence-corrected chi connectivity index (χ3v) is 6.64. The van der Waals surface area contributed by atoms with Crippen LogP contribution in [0.25, 0.3) is 0 Å². The number of hydrogen-bond donors (Lipinski definition) is 1. The number of anilines is 2. The maximum absolute atomic E-state index is 12.9. The van der Waals surface area contributed by atoms with Gasteiger partial charge in [-0.1, -0.05) is 0 Å². The van der Waals surface area contributed by atoms with Crippen LogP contribution >= 0.6 is 11.8 Å². The number of pyridine rings is 1. The number of carbonyl (C=O) groups is 3. The Morgan fingerprint density at radius 3 is 2.49 bits per heavy atom. The summed E-state index contributed by atoms with van der Waals surface area (Å²) in [5, 5.41) is 2.84. The molecular weight excluding hydrogens is 483 g/mol. The summed E-state index contributed by atoms with van der Waals surface area (Å²) in [5.41, 5.74) is -3.54. The molecule has 0 saturated carbocycles. The van der Waals surface area contributed by atoms with E-state index in [0.29, 0.717) is 11.4 Å². The molecule has 2 saturated heterocycles. The molecule has 0 spiro atoms. The minimum Gasteiger partial charge on any atom is -0.310 e. The highest BCUT2D eigenvalue weighted by Gasteiger charge is 2.37. The highest BCUT2D eigenvalue weighted by Crippen LogP contribution is 2.37. The zero-order valence-corrected chi connectivity index (χ0v) is 19.7. The maximum atomic E-state index is 12.9. The first-order valence-electron chi connectivity index (χ1n) is 11.0. The lowest BCUT2D eigenvalue weighted by Gasteiger charge is -2.27. The summed E-state index contributed by atoms with van der Waals surface area (Å²) in [6, 6.07) is 7.86. The second kappa shape index (κ2) is 10.2. The van der Waals surface area contributed by atoms with E-state index in [1.54, 1.807) is 12.1 Å². The van der Waals surface area contributed by atoms with E-state index >= 15 is 0 Å². The number of nitrogens with zero attached hydrogens (tertiary/aromatic N) is 4. The fourth-order valence-electron chi connectivity index (χ4n) is 4.09. The zero-order valence-electron chi connectivity index (χ0n) is 18.9. The van der Waals surface area contributed by atoms with Crippen molar-refractivity contribution in [2.24, 2.45) is 5.92 Å². The third kappa shape index (κ3) is 6.31. The molecule has 4 rings (SSSR count). The van der Waals surface area contributed by atoms with Crippen molar-refractivity contribution in [3.63, 3.8) is 0 Å². The van der Waals surface area contributed by atoms with Crippen molar-refractivity contribution >= 4 is 41.1 Å². The van der Waals surface area contributed by atoms with Crippen molar-refractivity contribution in [2.45, 2.75) is 29.8 Å². The number of alkyl halides is 3. The molecule has 2 aromatic rings. The predicted molar refractivity (Wildman–Crippen MR) is 125 cm³/mol. The van der Waals surface area contributed by atoms with Crippen molar-refractivity contribution in [2.75, 3.05) is 36.9 Å². The molecule has 0 unspecified atom stereocenters. The molecule has 0 atom stereocenters. The summed E-state index contributed by atoms with van der Waals surface area (Å²) in [7, 11) is 2.02. The largest absolute Gasteiger partial charge is 0.446 e. The average molecular weight is 508 g/mol. The Kier molecular flexibility index (Phi) is 7.31. The number of amides is 4. The molecule has 2 fully saturated rings. The molecule has 2 aliphatic rings. The Morgan fingerprint density at radius 2 is 1.83 bits per heavy atom. The van der Waals surface area contributed by atoms with Crippen LogP contribution in [0.3, 0.4) is 0 Å². The van der Waals surface area contributed by atoms with E-state index in [2.05, 4.69) is 15.2 Å². The van der Waals surface area contributed by atoms with Gasteiger partial charge in [0.15, 0.2) is 0 Å². The van der Waals surface area contributed by atoms with Crippen LogP contribution in [0.2, 0.25) is 0 Å². The van der Waals surface area contributed by atoms with Gasteiger partial charge in [-0.15, -0.1) is 0 Å².